The summed E-state index contributed by atoms with van der Waals surface area (Å²) in [5.74, 6) is 1.42. The number of rotatable bonds is 1. The largest absolute Gasteiger partial charge is 0.493 e. The summed E-state index contributed by atoms with van der Waals surface area (Å²) < 4.78 is 12.5. The first-order chi connectivity index (χ1) is 16.4. The monoisotopic (exact) mass is 455 g/mol. The molecule has 1 spiro atoms. The summed E-state index contributed by atoms with van der Waals surface area (Å²) in [5.41, 5.74) is 4.83. The van der Waals surface area contributed by atoms with E-state index in [1.807, 2.05) is 31.3 Å². The number of ether oxygens (including phenoxy) is 2. The number of fused-ring (bicyclic) bond motifs is 3. The number of carbonyl (C=O) groups is 1. The Morgan fingerprint density at radius 3 is 2.91 bits per heavy atom. The third-order valence-corrected chi connectivity index (χ3v) is 9.37. The van der Waals surface area contributed by atoms with Crippen LogP contribution in [0.15, 0.2) is 30.3 Å². The molecule has 5 aliphatic rings. The van der Waals surface area contributed by atoms with Crippen molar-refractivity contribution in [1.82, 2.24) is 9.88 Å². The fourth-order valence-electron chi connectivity index (χ4n) is 7.92. The van der Waals surface area contributed by atoms with Crippen molar-refractivity contribution in [3.8, 4) is 11.5 Å². The zero-order chi connectivity index (χ0) is 23.1. The number of hydrogen-bond donors (Lipinski definition) is 1. The summed E-state index contributed by atoms with van der Waals surface area (Å²) in [6.07, 6.45) is 1.54. The van der Waals surface area contributed by atoms with Crippen molar-refractivity contribution in [2.24, 2.45) is 0 Å². The van der Waals surface area contributed by atoms with Crippen LogP contribution in [0, 0.1) is 0 Å². The van der Waals surface area contributed by atoms with Crippen LogP contribution in [0.1, 0.15) is 45.3 Å². The van der Waals surface area contributed by atoms with Crippen molar-refractivity contribution in [3.63, 3.8) is 0 Å². The highest BCUT2D eigenvalue weighted by Gasteiger charge is 2.72. The van der Waals surface area contributed by atoms with Crippen LogP contribution in [0.5, 0.6) is 11.5 Å². The lowest BCUT2D eigenvalue weighted by atomic mass is 9.49. The fourth-order valence-corrected chi connectivity index (χ4v) is 7.92. The average molecular weight is 456 g/mol. The van der Waals surface area contributed by atoms with Crippen LogP contribution in [0.25, 0.3) is 10.9 Å². The van der Waals surface area contributed by atoms with Crippen molar-refractivity contribution >= 4 is 22.5 Å². The molecule has 1 fully saturated rings. The molecule has 8 rings (SSSR count). The van der Waals surface area contributed by atoms with E-state index < -0.39 is 17.1 Å². The lowest BCUT2D eigenvalue weighted by Gasteiger charge is -2.62. The Kier molecular flexibility index (Phi) is 3.23. The number of likely N-dealkylation sites (tertiary alicyclic amines) is 1. The van der Waals surface area contributed by atoms with Crippen LogP contribution >= 0.6 is 0 Å². The van der Waals surface area contributed by atoms with Gasteiger partial charge in [0, 0.05) is 36.0 Å². The lowest BCUT2D eigenvalue weighted by Crippen LogP contribution is -2.74. The fraction of sp³-hybridized carbons (Fsp3) is 0.407. The van der Waals surface area contributed by atoms with Crippen LogP contribution in [-0.2, 0) is 18.3 Å². The molecule has 0 radical (unpaired) electrons. The Hall–Kier alpha value is -3.16. The minimum atomic E-state index is -1.05. The van der Waals surface area contributed by atoms with Gasteiger partial charge in [-0.25, -0.2) is 4.98 Å². The maximum atomic E-state index is 13.1. The summed E-state index contributed by atoms with van der Waals surface area (Å²) in [5, 5.41) is 13.6. The molecule has 1 saturated heterocycles. The number of likely N-dealkylation sites (N-methyl/N-ethyl adjacent to an activating group) is 1. The third kappa shape index (κ3) is 1.79. The Morgan fingerprint density at radius 2 is 2.09 bits per heavy atom. The first-order valence-corrected chi connectivity index (χ1v) is 11.9. The maximum Gasteiger partial charge on any atom is 0.258 e. The minimum Gasteiger partial charge on any atom is -0.493 e. The molecular formula is C27H25N3O4. The molecule has 4 atom stereocenters. The number of piperidine rings is 1. The number of anilines is 1. The number of benzene rings is 2. The maximum absolute atomic E-state index is 13.1. The van der Waals surface area contributed by atoms with Crippen molar-refractivity contribution in [2.45, 2.75) is 42.4 Å². The van der Waals surface area contributed by atoms with Crippen LogP contribution < -0.4 is 14.4 Å². The highest BCUT2D eigenvalue weighted by Crippen LogP contribution is 2.69. The molecule has 7 heteroatoms. The number of amides is 1. The number of methoxy groups -OCH3 is 1. The number of aliphatic hydroxyl groups is 1. The van der Waals surface area contributed by atoms with E-state index in [4.69, 9.17) is 14.5 Å². The topological polar surface area (TPSA) is 75.1 Å². The molecule has 7 nitrogen and oxygen atoms in total. The van der Waals surface area contributed by atoms with Gasteiger partial charge in [-0.3, -0.25) is 4.79 Å². The average Bonchev–Trinajstić information content (AvgIpc) is 3.31. The van der Waals surface area contributed by atoms with Gasteiger partial charge in [-0.1, -0.05) is 12.1 Å². The highest BCUT2D eigenvalue weighted by molar-refractivity contribution is 6.25. The zero-order valence-electron chi connectivity index (χ0n) is 19.4. The number of nitrogens with zero attached hydrogens (tertiary/aromatic N) is 3. The van der Waals surface area contributed by atoms with Gasteiger partial charge in [0.2, 0.25) is 0 Å². The van der Waals surface area contributed by atoms with E-state index in [0.29, 0.717) is 17.7 Å². The standard InChI is InChI=1S/C27H25N3O4/c1-29-10-9-26-20-13-7-8-17(33-3)23(20)34-24(26)21-15(12-27(26,32)18(29)11-13)22-19-14(25(31)30(22)2)5-4-6-16(19)28-21/h4-8,18,24,32H,9-12H2,1-3H3/t18-,24?,26+,27?/m1/s1. The number of aromatic nitrogens is 1. The summed E-state index contributed by atoms with van der Waals surface area (Å²) >= 11 is 0. The van der Waals surface area contributed by atoms with E-state index in [2.05, 4.69) is 18.0 Å². The van der Waals surface area contributed by atoms with Crippen LogP contribution in [-0.4, -0.2) is 60.3 Å². The Labute approximate surface area is 196 Å². The molecule has 34 heavy (non-hydrogen) atoms. The summed E-state index contributed by atoms with van der Waals surface area (Å²) in [6, 6.07) is 9.81. The van der Waals surface area contributed by atoms with Gasteiger partial charge >= 0.3 is 0 Å². The molecule has 1 amide bonds. The second kappa shape index (κ2) is 5.73. The molecule has 3 aliphatic heterocycles. The van der Waals surface area contributed by atoms with Crippen LogP contribution in [0.4, 0.5) is 5.69 Å². The van der Waals surface area contributed by atoms with Crippen molar-refractivity contribution in [2.75, 3.05) is 32.6 Å². The van der Waals surface area contributed by atoms with Gasteiger partial charge in [-0.15, -0.1) is 0 Å². The van der Waals surface area contributed by atoms with E-state index in [0.717, 1.165) is 58.5 Å². The first-order valence-electron chi connectivity index (χ1n) is 11.9. The van der Waals surface area contributed by atoms with E-state index in [-0.39, 0.29) is 11.9 Å². The van der Waals surface area contributed by atoms with Crippen molar-refractivity contribution < 1.29 is 19.4 Å². The second-order valence-electron chi connectivity index (χ2n) is 10.5. The van der Waals surface area contributed by atoms with E-state index in [1.54, 1.807) is 12.0 Å². The minimum absolute atomic E-state index is 0.0244. The second-order valence-corrected chi connectivity index (χ2v) is 10.5. The molecule has 1 N–H and O–H groups in total. The van der Waals surface area contributed by atoms with Gasteiger partial charge in [-0.2, -0.15) is 0 Å². The van der Waals surface area contributed by atoms with Crippen LogP contribution in [0.2, 0.25) is 0 Å². The summed E-state index contributed by atoms with van der Waals surface area (Å²) in [6.45, 7) is 0.876. The van der Waals surface area contributed by atoms with Gasteiger partial charge in [0.25, 0.3) is 5.91 Å². The normalized spacial score (nSPS) is 32.0. The van der Waals surface area contributed by atoms with Crippen molar-refractivity contribution in [3.05, 3.63) is 58.3 Å². The molecule has 172 valence electrons. The predicted molar refractivity (Wildman–Crippen MR) is 126 cm³/mol. The van der Waals surface area contributed by atoms with E-state index in [1.165, 1.54) is 5.56 Å². The molecular weight excluding hydrogens is 430 g/mol. The Morgan fingerprint density at radius 1 is 1.24 bits per heavy atom. The van der Waals surface area contributed by atoms with Crippen LogP contribution in [0.3, 0.4) is 0 Å². The van der Waals surface area contributed by atoms with E-state index >= 15 is 0 Å². The quantitative estimate of drug-likeness (QED) is 0.608. The molecule has 2 aromatic carbocycles. The third-order valence-electron chi connectivity index (χ3n) is 9.37. The molecule has 2 aliphatic carbocycles. The predicted octanol–water partition coefficient (Wildman–Crippen LogP) is 2.75. The number of carbonyl (C=O) groups excluding carboxylic acids is 1. The Balaban J connectivity index is 1.50. The zero-order valence-corrected chi connectivity index (χ0v) is 19.4. The van der Waals surface area contributed by atoms with Gasteiger partial charge in [0.05, 0.1) is 40.6 Å². The molecule has 1 aromatic heterocycles. The Bertz CT molecular complexity index is 1480. The molecule has 2 bridgehead atoms. The van der Waals surface area contributed by atoms with E-state index in [9.17, 15) is 9.90 Å². The first kappa shape index (κ1) is 19.2. The molecule has 2 unspecified atom stereocenters. The summed E-state index contributed by atoms with van der Waals surface area (Å²) in [4.78, 5) is 22.3. The smallest absolute Gasteiger partial charge is 0.258 e. The molecule has 0 saturated carbocycles. The van der Waals surface area contributed by atoms with Gasteiger partial charge in [0.1, 0.15) is 0 Å². The highest BCUT2D eigenvalue weighted by atomic mass is 16.5. The van der Waals surface area contributed by atoms with Gasteiger partial charge in [-0.05, 0) is 50.2 Å². The SMILES string of the molecule is COc1ccc2c3c1OC1c4nc5cccc6c5c(c4CC4(O)[C@@H](C2)N(C)CC[C@]314)N(C)C6=O. The number of hydrogen-bond acceptors (Lipinski definition) is 6. The van der Waals surface area contributed by atoms with Gasteiger partial charge < -0.3 is 24.4 Å². The molecule has 3 aromatic rings. The molecule has 4 heterocycles. The van der Waals surface area contributed by atoms with Crippen molar-refractivity contribution in [1.29, 1.82) is 0 Å². The van der Waals surface area contributed by atoms with Gasteiger partial charge in [0.15, 0.2) is 17.6 Å². The lowest BCUT2D eigenvalue weighted by molar-refractivity contribution is -0.167. The summed E-state index contributed by atoms with van der Waals surface area (Å²) in [7, 11) is 5.60. The number of pyridine rings is 1.